The highest BCUT2D eigenvalue weighted by Crippen LogP contribution is 2.19. The predicted octanol–water partition coefficient (Wildman–Crippen LogP) is 2.07. The van der Waals surface area contributed by atoms with Gasteiger partial charge in [-0.05, 0) is 25.5 Å². The number of nitrogens with two attached hydrogens (primary N) is 1. The quantitative estimate of drug-likeness (QED) is 0.853. The lowest BCUT2D eigenvalue weighted by atomic mass is 10.1. The van der Waals surface area contributed by atoms with Crippen molar-refractivity contribution in [3.05, 3.63) is 47.8 Å². The fourth-order valence-electron chi connectivity index (χ4n) is 1.86. The van der Waals surface area contributed by atoms with Crippen LogP contribution in [0.1, 0.15) is 35.8 Å². The Morgan fingerprint density at radius 3 is 2.89 bits per heavy atom. The number of carbonyl (C=O) groups excluding carboxylic acids is 1. The third-order valence-corrected chi connectivity index (χ3v) is 2.77. The zero-order valence-corrected chi connectivity index (χ0v) is 11.0. The van der Waals surface area contributed by atoms with Crippen molar-refractivity contribution >= 4 is 5.97 Å². The first kappa shape index (κ1) is 13.3. The van der Waals surface area contributed by atoms with Crippen LogP contribution in [-0.4, -0.2) is 22.4 Å². The van der Waals surface area contributed by atoms with Gasteiger partial charge in [-0.3, -0.25) is 0 Å². The van der Waals surface area contributed by atoms with Crippen molar-refractivity contribution in [3.63, 3.8) is 0 Å². The van der Waals surface area contributed by atoms with Crippen molar-refractivity contribution in [3.8, 4) is 5.69 Å². The molecular formula is C14H17N3O2. The van der Waals surface area contributed by atoms with Crippen LogP contribution < -0.4 is 5.73 Å². The fraction of sp³-hybridized carbons (Fsp3) is 0.286. The number of ether oxygens (including phenoxy) is 1. The number of rotatable bonds is 4. The van der Waals surface area contributed by atoms with Crippen LogP contribution in [0.4, 0.5) is 0 Å². The third-order valence-electron chi connectivity index (χ3n) is 2.77. The van der Waals surface area contributed by atoms with Crippen LogP contribution in [0, 0.1) is 0 Å². The molecule has 2 rings (SSSR count). The van der Waals surface area contributed by atoms with Gasteiger partial charge >= 0.3 is 5.97 Å². The van der Waals surface area contributed by atoms with Crippen LogP contribution in [0.25, 0.3) is 5.69 Å². The van der Waals surface area contributed by atoms with Crippen molar-refractivity contribution in [2.45, 2.75) is 19.9 Å². The maximum Gasteiger partial charge on any atom is 0.341 e. The summed E-state index contributed by atoms with van der Waals surface area (Å²) in [4.78, 5) is 11.6. The smallest absolute Gasteiger partial charge is 0.341 e. The Labute approximate surface area is 112 Å². The molecule has 19 heavy (non-hydrogen) atoms. The van der Waals surface area contributed by atoms with Crippen molar-refractivity contribution in [1.29, 1.82) is 0 Å². The van der Waals surface area contributed by atoms with Crippen molar-refractivity contribution in [1.82, 2.24) is 9.78 Å². The highest BCUT2D eigenvalue weighted by molar-refractivity contribution is 5.88. The molecule has 0 saturated carbocycles. The van der Waals surface area contributed by atoms with Gasteiger partial charge in [-0.2, -0.15) is 5.10 Å². The highest BCUT2D eigenvalue weighted by atomic mass is 16.5. The molecule has 1 unspecified atom stereocenters. The Hall–Kier alpha value is -2.14. The van der Waals surface area contributed by atoms with E-state index >= 15 is 0 Å². The maximum atomic E-state index is 11.6. The molecule has 1 heterocycles. The van der Waals surface area contributed by atoms with Crippen LogP contribution in [0.2, 0.25) is 0 Å². The lowest BCUT2D eigenvalue weighted by Crippen LogP contribution is -2.10. The van der Waals surface area contributed by atoms with E-state index in [1.165, 1.54) is 6.20 Å². The van der Waals surface area contributed by atoms with Gasteiger partial charge in [0.2, 0.25) is 0 Å². The molecule has 0 aliphatic carbocycles. The molecule has 5 nitrogen and oxygen atoms in total. The van der Waals surface area contributed by atoms with E-state index in [0.717, 1.165) is 11.3 Å². The summed E-state index contributed by atoms with van der Waals surface area (Å²) in [6, 6.07) is 7.60. The average Bonchev–Trinajstić information content (AvgIpc) is 2.88. The van der Waals surface area contributed by atoms with E-state index in [9.17, 15) is 4.79 Å². The second-order valence-electron chi connectivity index (χ2n) is 4.24. The standard InChI is InChI=1S/C14H17N3O2/c1-3-19-14(18)11-8-16-17(9-11)13-7-5-4-6-12(13)10(2)15/h4-10H,3,15H2,1-2H3. The molecule has 2 N–H and O–H groups in total. The number of esters is 1. The summed E-state index contributed by atoms with van der Waals surface area (Å²) in [5.74, 6) is -0.368. The molecular weight excluding hydrogens is 242 g/mol. The van der Waals surface area contributed by atoms with Crippen LogP contribution in [0.3, 0.4) is 0 Å². The van der Waals surface area contributed by atoms with Crippen molar-refractivity contribution in [2.24, 2.45) is 5.73 Å². The van der Waals surface area contributed by atoms with Gasteiger partial charge < -0.3 is 10.5 Å². The Balaban J connectivity index is 2.36. The van der Waals surface area contributed by atoms with Gasteiger partial charge in [-0.15, -0.1) is 0 Å². The first-order valence-corrected chi connectivity index (χ1v) is 6.20. The molecule has 0 bridgehead atoms. The second kappa shape index (κ2) is 5.67. The van der Waals surface area contributed by atoms with E-state index in [2.05, 4.69) is 5.10 Å². The monoisotopic (exact) mass is 259 g/mol. The summed E-state index contributed by atoms with van der Waals surface area (Å²) in [7, 11) is 0. The zero-order chi connectivity index (χ0) is 13.8. The number of nitrogens with zero attached hydrogens (tertiary/aromatic N) is 2. The molecule has 1 aromatic heterocycles. The molecule has 0 radical (unpaired) electrons. The summed E-state index contributed by atoms with van der Waals surface area (Å²) < 4.78 is 6.58. The molecule has 0 amide bonds. The molecule has 1 atom stereocenters. The SMILES string of the molecule is CCOC(=O)c1cnn(-c2ccccc2C(C)N)c1. The Morgan fingerprint density at radius 1 is 1.47 bits per heavy atom. The molecule has 0 aliphatic rings. The van der Waals surface area contributed by atoms with Crippen LogP contribution in [-0.2, 0) is 4.74 Å². The molecule has 5 heteroatoms. The Kier molecular flexibility index (Phi) is 3.97. The number of carbonyl (C=O) groups is 1. The molecule has 1 aromatic carbocycles. The first-order valence-electron chi connectivity index (χ1n) is 6.20. The molecule has 0 aliphatic heterocycles. The van der Waals surface area contributed by atoms with Crippen molar-refractivity contribution in [2.75, 3.05) is 6.61 Å². The number of benzene rings is 1. The lowest BCUT2D eigenvalue weighted by Gasteiger charge is -2.12. The number of para-hydroxylation sites is 1. The minimum Gasteiger partial charge on any atom is -0.462 e. The van der Waals surface area contributed by atoms with E-state index in [4.69, 9.17) is 10.5 Å². The van der Waals surface area contributed by atoms with Gasteiger partial charge in [0.1, 0.15) is 0 Å². The van der Waals surface area contributed by atoms with Crippen LogP contribution in [0.15, 0.2) is 36.7 Å². The minimum absolute atomic E-state index is 0.105. The number of hydrogen-bond acceptors (Lipinski definition) is 4. The molecule has 0 spiro atoms. The van der Waals surface area contributed by atoms with Crippen LogP contribution in [0.5, 0.6) is 0 Å². The predicted molar refractivity (Wildman–Crippen MR) is 72.1 cm³/mol. The molecule has 2 aromatic rings. The van der Waals surface area contributed by atoms with Gasteiger partial charge in [0.15, 0.2) is 0 Å². The van der Waals surface area contributed by atoms with E-state index < -0.39 is 0 Å². The molecule has 0 fully saturated rings. The second-order valence-corrected chi connectivity index (χ2v) is 4.24. The van der Waals surface area contributed by atoms with Crippen molar-refractivity contribution < 1.29 is 9.53 Å². The lowest BCUT2D eigenvalue weighted by molar-refractivity contribution is 0.0526. The summed E-state index contributed by atoms with van der Waals surface area (Å²) in [6.45, 7) is 4.03. The maximum absolute atomic E-state index is 11.6. The minimum atomic E-state index is -0.368. The van der Waals surface area contributed by atoms with Gasteiger partial charge in [0.05, 0.1) is 24.1 Å². The van der Waals surface area contributed by atoms with E-state index in [1.54, 1.807) is 17.8 Å². The largest absolute Gasteiger partial charge is 0.462 e. The van der Waals surface area contributed by atoms with E-state index in [-0.39, 0.29) is 12.0 Å². The number of hydrogen-bond donors (Lipinski definition) is 1. The first-order chi connectivity index (χ1) is 9.13. The Bertz CT molecular complexity index is 576. The van der Waals surface area contributed by atoms with Gasteiger partial charge in [-0.1, -0.05) is 18.2 Å². The van der Waals surface area contributed by atoms with Crippen LogP contribution >= 0.6 is 0 Å². The van der Waals surface area contributed by atoms with E-state index in [0.29, 0.717) is 12.2 Å². The molecule has 100 valence electrons. The summed E-state index contributed by atoms with van der Waals surface area (Å²) >= 11 is 0. The van der Waals surface area contributed by atoms with Gasteiger partial charge in [0.25, 0.3) is 0 Å². The third kappa shape index (κ3) is 2.82. The summed E-state index contributed by atoms with van der Waals surface area (Å²) in [6.07, 6.45) is 3.15. The molecule has 0 saturated heterocycles. The zero-order valence-electron chi connectivity index (χ0n) is 11.0. The van der Waals surface area contributed by atoms with E-state index in [1.807, 2.05) is 31.2 Å². The van der Waals surface area contributed by atoms with Gasteiger partial charge in [-0.25, -0.2) is 9.48 Å². The normalized spacial score (nSPS) is 12.2. The number of aromatic nitrogens is 2. The average molecular weight is 259 g/mol. The Morgan fingerprint density at radius 2 is 2.21 bits per heavy atom. The topological polar surface area (TPSA) is 70.1 Å². The highest BCUT2D eigenvalue weighted by Gasteiger charge is 2.13. The summed E-state index contributed by atoms with van der Waals surface area (Å²) in [5, 5.41) is 4.19. The fourth-order valence-corrected chi connectivity index (χ4v) is 1.86. The summed E-state index contributed by atoms with van der Waals surface area (Å²) in [5.41, 5.74) is 8.21. The van der Waals surface area contributed by atoms with Gasteiger partial charge in [0, 0.05) is 12.2 Å².